The molecule has 14 heavy (non-hydrogen) atoms. The fraction of sp³-hybridized carbons (Fsp3) is 1.00. The van der Waals surface area contributed by atoms with E-state index in [-0.39, 0.29) is 0 Å². The summed E-state index contributed by atoms with van der Waals surface area (Å²) >= 11 is 0. The topological polar surface area (TPSA) is 88.5 Å². The standard InChI is InChI=1S/C6H13FO5S2/c1-4-6(7,14(10,11)12)13(8,9)5(2)3/h5H,4H2,1-3H3,(H,10,11,12). The molecule has 0 radical (unpaired) electrons. The van der Waals surface area contributed by atoms with Gasteiger partial charge in [0.15, 0.2) is 0 Å². The zero-order valence-electron chi connectivity index (χ0n) is 8.06. The minimum Gasteiger partial charge on any atom is -0.282 e. The smallest absolute Gasteiger partial charge is 0.282 e. The summed E-state index contributed by atoms with van der Waals surface area (Å²) in [7, 11) is -9.82. The molecule has 0 heterocycles. The summed E-state index contributed by atoms with van der Waals surface area (Å²) in [6.45, 7) is 3.32. The molecule has 86 valence electrons. The zero-order chi connectivity index (χ0) is 11.8. The van der Waals surface area contributed by atoms with E-state index in [1.54, 1.807) is 0 Å². The van der Waals surface area contributed by atoms with Gasteiger partial charge in [0.2, 0.25) is 9.84 Å². The second kappa shape index (κ2) is 3.74. The molecule has 0 aromatic heterocycles. The third-order valence-corrected chi connectivity index (χ3v) is 6.62. The van der Waals surface area contributed by atoms with Crippen molar-refractivity contribution >= 4 is 20.0 Å². The highest BCUT2D eigenvalue weighted by molar-refractivity contribution is 8.08. The summed E-state index contributed by atoms with van der Waals surface area (Å²) < 4.78 is 62.5. The lowest BCUT2D eigenvalue weighted by atomic mass is 10.5. The Kier molecular flexibility index (Phi) is 3.69. The molecular weight excluding hydrogens is 235 g/mol. The van der Waals surface area contributed by atoms with Gasteiger partial charge < -0.3 is 0 Å². The lowest BCUT2D eigenvalue weighted by molar-refractivity contribution is 0.315. The van der Waals surface area contributed by atoms with E-state index in [2.05, 4.69) is 0 Å². The molecule has 0 aliphatic rings. The molecular formula is C6H13FO5S2. The average Bonchev–Trinajstić information content (AvgIpc) is 2.00. The Bertz CT molecular complexity index is 396. The highest BCUT2D eigenvalue weighted by Crippen LogP contribution is 2.32. The first-order valence-corrected chi connectivity index (χ1v) is 6.88. The van der Waals surface area contributed by atoms with Gasteiger partial charge in [-0.3, -0.25) is 4.55 Å². The van der Waals surface area contributed by atoms with Crippen molar-refractivity contribution in [3.05, 3.63) is 0 Å². The molecule has 0 amide bonds. The molecule has 0 rings (SSSR count). The van der Waals surface area contributed by atoms with Crippen LogP contribution in [0.4, 0.5) is 4.39 Å². The van der Waals surface area contributed by atoms with Crippen molar-refractivity contribution in [2.75, 3.05) is 0 Å². The molecule has 0 spiro atoms. The number of hydrogen-bond acceptors (Lipinski definition) is 4. The van der Waals surface area contributed by atoms with Crippen LogP contribution in [0.1, 0.15) is 27.2 Å². The van der Waals surface area contributed by atoms with Crippen LogP contribution in [0.5, 0.6) is 0 Å². The van der Waals surface area contributed by atoms with Crippen molar-refractivity contribution in [3.63, 3.8) is 0 Å². The first-order chi connectivity index (χ1) is 6.00. The summed E-state index contributed by atoms with van der Waals surface area (Å²) in [6.07, 6.45) is -0.841. The maximum Gasteiger partial charge on any atom is 0.333 e. The van der Waals surface area contributed by atoms with Gasteiger partial charge in [-0.2, -0.15) is 8.42 Å². The monoisotopic (exact) mass is 248 g/mol. The molecule has 0 saturated heterocycles. The fourth-order valence-electron chi connectivity index (χ4n) is 0.882. The van der Waals surface area contributed by atoms with E-state index in [1.807, 2.05) is 0 Å². The Morgan fingerprint density at radius 3 is 1.71 bits per heavy atom. The molecule has 0 bridgehead atoms. The Hall–Kier alpha value is -0.210. The predicted molar refractivity (Wildman–Crippen MR) is 49.7 cm³/mol. The fourth-order valence-corrected chi connectivity index (χ4v) is 4.11. The normalized spacial score (nSPS) is 18.1. The van der Waals surface area contributed by atoms with Crippen LogP contribution in [0.15, 0.2) is 0 Å². The molecule has 0 aromatic rings. The Morgan fingerprint density at radius 1 is 1.29 bits per heavy atom. The van der Waals surface area contributed by atoms with Gasteiger partial charge in [0.25, 0.3) is 0 Å². The number of alkyl halides is 1. The van der Waals surface area contributed by atoms with Crippen molar-refractivity contribution in [2.24, 2.45) is 0 Å². The Balaban J connectivity index is 5.76. The maximum atomic E-state index is 13.6. The van der Waals surface area contributed by atoms with Crippen LogP contribution >= 0.6 is 0 Å². The minimum atomic E-state index is -5.27. The van der Waals surface area contributed by atoms with Gasteiger partial charge in [-0.25, -0.2) is 12.8 Å². The van der Waals surface area contributed by atoms with E-state index < -0.39 is 36.0 Å². The second-order valence-corrected chi connectivity index (χ2v) is 7.62. The van der Waals surface area contributed by atoms with Gasteiger partial charge in [0.1, 0.15) is 0 Å². The number of sulfone groups is 1. The van der Waals surface area contributed by atoms with E-state index >= 15 is 0 Å². The molecule has 1 atom stereocenters. The van der Waals surface area contributed by atoms with Gasteiger partial charge in [0, 0.05) is 6.42 Å². The molecule has 0 aliphatic carbocycles. The van der Waals surface area contributed by atoms with Crippen molar-refractivity contribution in [1.82, 2.24) is 0 Å². The Morgan fingerprint density at radius 2 is 1.64 bits per heavy atom. The number of hydrogen-bond donors (Lipinski definition) is 1. The lowest BCUT2D eigenvalue weighted by Crippen LogP contribution is -2.44. The first-order valence-electron chi connectivity index (χ1n) is 3.90. The molecule has 5 nitrogen and oxygen atoms in total. The molecule has 1 unspecified atom stereocenters. The third kappa shape index (κ3) is 1.91. The zero-order valence-corrected chi connectivity index (χ0v) is 9.69. The predicted octanol–water partition coefficient (Wildman–Crippen LogP) is 0.731. The van der Waals surface area contributed by atoms with Crippen LogP contribution in [0.2, 0.25) is 0 Å². The van der Waals surface area contributed by atoms with Gasteiger partial charge in [-0.1, -0.05) is 6.92 Å². The third-order valence-electron chi connectivity index (χ3n) is 1.85. The van der Waals surface area contributed by atoms with Crippen molar-refractivity contribution in [1.29, 1.82) is 0 Å². The SMILES string of the molecule is CCC(F)(S(=O)(=O)O)S(=O)(=O)C(C)C. The molecule has 8 heteroatoms. The number of halogens is 1. The summed E-state index contributed by atoms with van der Waals surface area (Å²) in [5.41, 5.74) is 0. The van der Waals surface area contributed by atoms with Crippen LogP contribution < -0.4 is 0 Å². The van der Waals surface area contributed by atoms with Gasteiger partial charge in [0.05, 0.1) is 5.25 Å². The van der Waals surface area contributed by atoms with Crippen LogP contribution in [0.25, 0.3) is 0 Å². The molecule has 0 fully saturated rings. The average molecular weight is 248 g/mol. The molecule has 0 aliphatic heterocycles. The second-order valence-electron chi connectivity index (χ2n) is 3.08. The van der Waals surface area contributed by atoms with Crippen molar-refractivity contribution in [2.45, 2.75) is 36.8 Å². The molecule has 1 N–H and O–H groups in total. The van der Waals surface area contributed by atoms with Gasteiger partial charge >= 0.3 is 14.5 Å². The highest BCUT2D eigenvalue weighted by Gasteiger charge is 2.55. The van der Waals surface area contributed by atoms with E-state index in [0.717, 1.165) is 20.8 Å². The summed E-state index contributed by atoms with van der Waals surface area (Å²) in [5.74, 6) is 0. The van der Waals surface area contributed by atoms with Crippen molar-refractivity contribution < 1.29 is 25.8 Å². The van der Waals surface area contributed by atoms with Crippen LogP contribution in [-0.2, 0) is 20.0 Å². The summed E-state index contributed by atoms with van der Waals surface area (Å²) in [5, 5.41) is -1.21. The van der Waals surface area contributed by atoms with Crippen LogP contribution in [0.3, 0.4) is 0 Å². The Labute approximate surface area is 83.0 Å². The van der Waals surface area contributed by atoms with E-state index in [0.29, 0.717) is 0 Å². The van der Waals surface area contributed by atoms with E-state index in [4.69, 9.17) is 4.55 Å². The maximum absolute atomic E-state index is 13.6. The highest BCUT2D eigenvalue weighted by atomic mass is 32.3. The summed E-state index contributed by atoms with van der Waals surface area (Å²) in [4.78, 5) is 0. The van der Waals surface area contributed by atoms with Crippen molar-refractivity contribution in [3.8, 4) is 0 Å². The van der Waals surface area contributed by atoms with E-state index in [9.17, 15) is 21.2 Å². The molecule has 0 saturated carbocycles. The van der Waals surface area contributed by atoms with Crippen LogP contribution in [0, 0.1) is 0 Å². The summed E-state index contributed by atoms with van der Waals surface area (Å²) in [6, 6.07) is 0. The quantitative estimate of drug-likeness (QED) is 0.741. The lowest BCUT2D eigenvalue weighted by Gasteiger charge is -2.22. The van der Waals surface area contributed by atoms with E-state index in [1.165, 1.54) is 0 Å². The number of rotatable bonds is 4. The minimum absolute atomic E-state index is 0.841. The first kappa shape index (κ1) is 13.8. The van der Waals surface area contributed by atoms with Gasteiger partial charge in [-0.05, 0) is 13.8 Å². The molecule has 0 aromatic carbocycles. The largest absolute Gasteiger partial charge is 0.333 e. The van der Waals surface area contributed by atoms with Crippen LogP contribution in [-0.4, -0.2) is 31.0 Å². The van der Waals surface area contributed by atoms with Gasteiger partial charge in [-0.15, -0.1) is 0 Å².